The van der Waals surface area contributed by atoms with Gasteiger partial charge in [-0.2, -0.15) is 0 Å². The van der Waals surface area contributed by atoms with Gasteiger partial charge in [0.2, 0.25) is 5.91 Å². The van der Waals surface area contributed by atoms with E-state index in [2.05, 4.69) is 19.2 Å². The third-order valence-corrected chi connectivity index (χ3v) is 11.9. The Kier molecular flexibility index (Phi) is 31.1. The first-order valence-corrected chi connectivity index (χ1v) is 23.7. The summed E-state index contributed by atoms with van der Waals surface area (Å²) in [5.74, 6) is -0.592. The van der Waals surface area contributed by atoms with Crippen LogP contribution in [0.4, 0.5) is 0 Å². The molecular weight excluding hydrogens is 741 g/mol. The van der Waals surface area contributed by atoms with Crippen molar-refractivity contribution in [3.63, 3.8) is 0 Å². The van der Waals surface area contributed by atoms with Gasteiger partial charge < -0.3 is 46.0 Å². The minimum Gasteiger partial charge on any atom is -0.393 e. The van der Waals surface area contributed by atoms with Crippen LogP contribution in [0.15, 0.2) is 12.2 Å². The van der Waals surface area contributed by atoms with Crippen molar-refractivity contribution in [1.82, 2.24) is 5.32 Å². The molecule has 9 N–H and O–H groups in total. The number of carbonyl (C=O) groups is 1. The summed E-state index contributed by atoms with van der Waals surface area (Å²) in [6.07, 6.45) is 18.8. The van der Waals surface area contributed by atoms with Gasteiger partial charge in [0.05, 0.1) is 31.3 Å². The first-order valence-electron chi connectivity index (χ1n) is 22.2. The van der Waals surface area contributed by atoms with E-state index >= 15 is 0 Å². The zero-order valence-corrected chi connectivity index (χ0v) is 35.7. The van der Waals surface area contributed by atoms with E-state index in [1.807, 2.05) is 0 Å². The molecule has 0 aromatic heterocycles. The number of carbonyl (C=O) groups excluding carboxylic acids is 1. The maximum absolute atomic E-state index is 12.9. The molecule has 8 unspecified atom stereocenters. The number of nitrogens with one attached hydrogen (secondary N) is 1. The highest BCUT2D eigenvalue weighted by Gasteiger charge is 2.51. The Bertz CT molecular complexity index is 1020. The van der Waals surface area contributed by atoms with E-state index in [1.165, 1.54) is 115 Å². The van der Waals surface area contributed by atoms with E-state index in [1.54, 1.807) is 6.08 Å². The topological polar surface area (TPSA) is 226 Å². The first-order chi connectivity index (χ1) is 26.8. The Morgan fingerprint density at radius 1 is 0.625 bits per heavy atom. The number of phosphoric ester groups is 1. The molecule has 0 radical (unpaired) electrons. The van der Waals surface area contributed by atoms with Gasteiger partial charge in [-0.15, -0.1) is 0 Å². The highest BCUT2D eigenvalue weighted by atomic mass is 31.2. The third kappa shape index (κ3) is 24.8. The number of phosphoric acid groups is 1. The zero-order chi connectivity index (χ0) is 41.6. The summed E-state index contributed by atoms with van der Waals surface area (Å²) in [7, 11) is -5.13. The molecule has 332 valence electrons. The Hall–Kier alpha value is -0.960. The number of amides is 1. The van der Waals surface area contributed by atoms with Crippen molar-refractivity contribution in [2.75, 3.05) is 6.61 Å². The lowest BCUT2D eigenvalue weighted by molar-refractivity contribution is -0.220. The van der Waals surface area contributed by atoms with Crippen LogP contribution in [0.5, 0.6) is 0 Å². The SMILES string of the molecule is CCCCCCCCCCCCCCC/C=C/C(O)C(COP(=O)(O)OC1C(O)C(O)C(O)C(O)C1O)NC(=O)CC(O)CCCCCCCCCCCCC. The number of allylic oxidation sites excluding steroid dienone is 1. The summed E-state index contributed by atoms with van der Waals surface area (Å²) in [6, 6.07) is -1.23. The van der Waals surface area contributed by atoms with Gasteiger partial charge in [-0.05, 0) is 19.3 Å². The normalized spacial score (nSPS) is 24.2. The van der Waals surface area contributed by atoms with Gasteiger partial charge in [-0.1, -0.05) is 174 Å². The predicted molar refractivity (Wildman–Crippen MR) is 220 cm³/mol. The van der Waals surface area contributed by atoms with Crippen LogP contribution in [0.3, 0.4) is 0 Å². The largest absolute Gasteiger partial charge is 0.472 e. The van der Waals surface area contributed by atoms with Crippen LogP contribution in [0.1, 0.15) is 187 Å². The summed E-state index contributed by atoms with van der Waals surface area (Å²) in [6.45, 7) is 3.72. The van der Waals surface area contributed by atoms with E-state index in [0.717, 1.165) is 44.9 Å². The van der Waals surface area contributed by atoms with Gasteiger partial charge in [0.15, 0.2) is 0 Å². The lowest BCUT2D eigenvalue weighted by atomic mass is 9.85. The molecule has 8 atom stereocenters. The van der Waals surface area contributed by atoms with Crippen LogP contribution in [0.25, 0.3) is 0 Å². The lowest BCUT2D eigenvalue weighted by Crippen LogP contribution is -2.64. The van der Waals surface area contributed by atoms with Crippen molar-refractivity contribution < 1.29 is 59.0 Å². The summed E-state index contributed by atoms with van der Waals surface area (Å²) in [5.41, 5.74) is 0. The molecule has 0 heterocycles. The Morgan fingerprint density at radius 2 is 1.02 bits per heavy atom. The smallest absolute Gasteiger partial charge is 0.393 e. The second-order valence-electron chi connectivity index (χ2n) is 16.1. The summed E-state index contributed by atoms with van der Waals surface area (Å²) in [4.78, 5) is 23.4. The number of hydrogen-bond acceptors (Lipinski definition) is 11. The van der Waals surface area contributed by atoms with Crippen molar-refractivity contribution in [2.24, 2.45) is 0 Å². The molecule has 0 saturated heterocycles. The van der Waals surface area contributed by atoms with E-state index in [9.17, 15) is 50.0 Å². The van der Waals surface area contributed by atoms with E-state index in [0.29, 0.717) is 12.8 Å². The number of hydrogen-bond donors (Lipinski definition) is 9. The summed E-state index contributed by atoms with van der Waals surface area (Å²) in [5, 5.41) is 74.3. The molecule has 1 fully saturated rings. The summed E-state index contributed by atoms with van der Waals surface area (Å²) < 4.78 is 22.8. The molecule has 1 aliphatic rings. The molecule has 0 aromatic carbocycles. The minimum atomic E-state index is -5.13. The van der Waals surface area contributed by atoms with Crippen molar-refractivity contribution in [1.29, 1.82) is 0 Å². The number of aliphatic hydroxyl groups is 7. The average molecular weight is 824 g/mol. The fourth-order valence-electron chi connectivity index (χ4n) is 7.18. The molecule has 0 bridgehead atoms. The quantitative estimate of drug-likeness (QED) is 0.0184. The van der Waals surface area contributed by atoms with E-state index in [4.69, 9.17) is 9.05 Å². The fraction of sp³-hybridized carbons (Fsp3) is 0.929. The Balaban J connectivity index is 2.59. The highest BCUT2D eigenvalue weighted by Crippen LogP contribution is 2.47. The van der Waals surface area contributed by atoms with Crippen molar-refractivity contribution >= 4 is 13.7 Å². The fourth-order valence-corrected chi connectivity index (χ4v) is 8.15. The number of unbranched alkanes of at least 4 members (excludes halogenated alkanes) is 23. The molecule has 14 heteroatoms. The molecular formula is C42H82NO12P. The average Bonchev–Trinajstić information content (AvgIpc) is 3.17. The maximum atomic E-state index is 12.9. The van der Waals surface area contributed by atoms with Gasteiger partial charge in [0.1, 0.15) is 36.6 Å². The van der Waals surface area contributed by atoms with E-state index < -0.39 is 75.2 Å². The van der Waals surface area contributed by atoms with E-state index in [-0.39, 0.29) is 6.42 Å². The molecule has 0 spiro atoms. The van der Waals surface area contributed by atoms with Crippen LogP contribution in [0.2, 0.25) is 0 Å². The van der Waals surface area contributed by atoms with Gasteiger partial charge >= 0.3 is 7.82 Å². The van der Waals surface area contributed by atoms with Crippen molar-refractivity contribution in [3.8, 4) is 0 Å². The molecule has 13 nitrogen and oxygen atoms in total. The van der Waals surface area contributed by atoms with Gasteiger partial charge in [0, 0.05) is 0 Å². The second kappa shape index (κ2) is 32.8. The molecule has 1 amide bonds. The predicted octanol–water partition coefficient (Wildman–Crippen LogP) is 6.64. The maximum Gasteiger partial charge on any atom is 0.472 e. The van der Waals surface area contributed by atoms with Gasteiger partial charge in [0.25, 0.3) is 0 Å². The number of aliphatic hydroxyl groups excluding tert-OH is 7. The molecule has 1 aliphatic carbocycles. The zero-order valence-electron chi connectivity index (χ0n) is 34.8. The molecule has 56 heavy (non-hydrogen) atoms. The van der Waals surface area contributed by atoms with Crippen LogP contribution in [-0.2, 0) is 18.4 Å². The van der Waals surface area contributed by atoms with Gasteiger partial charge in [-0.25, -0.2) is 4.57 Å². The van der Waals surface area contributed by atoms with Crippen LogP contribution in [0, 0.1) is 0 Å². The standard InChI is InChI=1S/C42H82NO12P/c1-3-5-7-9-11-13-15-16-17-18-20-22-24-26-28-30-35(45)34(32-54-56(52,53)55-42-40(50)38(48)37(47)39(49)41(42)51)43-36(46)31-33(44)29-27-25-23-21-19-14-12-10-8-6-4-2/h28,30,33-35,37-42,44-45,47-51H,3-27,29,31-32H2,1-2H3,(H,43,46)(H,52,53)/b30-28+. The van der Waals surface area contributed by atoms with Crippen LogP contribution in [-0.4, -0.2) is 108 Å². The number of rotatable bonds is 36. The van der Waals surface area contributed by atoms with Crippen LogP contribution < -0.4 is 5.32 Å². The highest BCUT2D eigenvalue weighted by molar-refractivity contribution is 7.47. The molecule has 1 rings (SSSR count). The summed E-state index contributed by atoms with van der Waals surface area (Å²) >= 11 is 0. The second-order valence-corrected chi connectivity index (χ2v) is 17.5. The van der Waals surface area contributed by atoms with Crippen molar-refractivity contribution in [3.05, 3.63) is 12.2 Å². The Morgan fingerprint density at radius 3 is 1.46 bits per heavy atom. The Labute approximate surface area is 338 Å². The van der Waals surface area contributed by atoms with Crippen LogP contribution >= 0.6 is 7.82 Å². The molecule has 0 aliphatic heterocycles. The monoisotopic (exact) mass is 824 g/mol. The lowest BCUT2D eigenvalue weighted by Gasteiger charge is -2.41. The third-order valence-electron chi connectivity index (χ3n) is 10.9. The first kappa shape index (κ1) is 53.1. The molecule has 0 aromatic rings. The van der Waals surface area contributed by atoms with Crippen molar-refractivity contribution in [2.45, 2.75) is 242 Å². The van der Waals surface area contributed by atoms with Gasteiger partial charge in [-0.3, -0.25) is 13.8 Å². The minimum absolute atomic E-state index is 0.241. The molecule has 1 saturated carbocycles.